The fourth-order valence-corrected chi connectivity index (χ4v) is 4.80. The molecule has 174 valence electrons. The Hall–Kier alpha value is -3.91. The second-order valence-corrected chi connectivity index (χ2v) is 8.40. The smallest absolute Gasteiger partial charge is 0.335 e. The number of benzene rings is 3. The van der Waals surface area contributed by atoms with Gasteiger partial charge in [-0.1, -0.05) is 12.1 Å². The summed E-state index contributed by atoms with van der Waals surface area (Å²) in [6, 6.07) is 13.2. The highest BCUT2D eigenvalue weighted by atomic mass is 19.2. The predicted octanol–water partition coefficient (Wildman–Crippen LogP) is 5.46. The monoisotopic (exact) mass is 464 g/mol. The molecule has 4 N–H and O–H groups in total. The molecule has 1 aliphatic heterocycles. The molecule has 1 saturated heterocycles. The van der Waals surface area contributed by atoms with E-state index < -0.39 is 17.6 Å². The van der Waals surface area contributed by atoms with E-state index in [4.69, 9.17) is 10.5 Å². The van der Waals surface area contributed by atoms with Crippen molar-refractivity contribution < 1.29 is 28.5 Å². The first-order valence-electron chi connectivity index (χ1n) is 10.9. The number of hydrogen-bond donors (Lipinski definition) is 3. The third-order valence-electron chi connectivity index (χ3n) is 6.27. The Morgan fingerprint density at radius 3 is 2.50 bits per heavy atom. The molecular formula is C26H22F2N2O4. The molecule has 0 aliphatic carbocycles. The van der Waals surface area contributed by atoms with E-state index in [2.05, 4.69) is 0 Å². The molecule has 0 unspecified atom stereocenters. The van der Waals surface area contributed by atoms with Gasteiger partial charge in [0.25, 0.3) is 0 Å². The highest BCUT2D eigenvalue weighted by Gasteiger charge is 2.30. The third kappa shape index (κ3) is 3.66. The van der Waals surface area contributed by atoms with Crippen LogP contribution in [-0.2, 0) is 4.74 Å². The fourth-order valence-electron chi connectivity index (χ4n) is 4.80. The van der Waals surface area contributed by atoms with Gasteiger partial charge in [-0.3, -0.25) is 0 Å². The lowest BCUT2D eigenvalue weighted by Gasteiger charge is -2.26. The molecule has 1 fully saturated rings. The number of aromatic nitrogens is 1. The number of anilines is 1. The number of aromatic hydroxyl groups is 1. The van der Waals surface area contributed by atoms with Crippen LogP contribution in [0.25, 0.3) is 27.7 Å². The Morgan fingerprint density at radius 1 is 1.03 bits per heavy atom. The first kappa shape index (κ1) is 21.9. The lowest BCUT2D eigenvalue weighted by Crippen LogP contribution is -2.17. The van der Waals surface area contributed by atoms with Crippen LogP contribution < -0.4 is 5.73 Å². The summed E-state index contributed by atoms with van der Waals surface area (Å²) in [5, 5.41) is 21.0. The van der Waals surface area contributed by atoms with E-state index >= 15 is 0 Å². The molecule has 5 rings (SSSR count). The Morgan fingerprint density at radius 2 is 1.79 bits per heavy atom. The van der Waals surface area contributed by atoms with Crippen molar-refractivity contribution in [1.82, 2.24) is 4.57 Å². The number of carboxylic acids is 1. The van der Waals surface area contributed by atoms with Crippen molar-refractivity contribution in [3.05, 3.63) is 77.5 Å². The quantitative estimate of drug-likeness (QED) is 0.349. The maximum Gasteiger partial charge on any atom is 0.335 e. The number of phenolic OH excluding ortho intramolecular Hbond substituents is 1. The highest BCUT2D eigenvalue weighted by Crippen LogP contribution is 2.47. The van der Waals surface area contributed by atoms with Crippen LogP contribution in [0, 0.1) is 11.6 Å². The molecule has 0 amide bonds. The van der Waals surface area contributed by atoms with Crippen molar-refractivity contribution in [3.63, 3.8) is 0 Å². The van der Waals surface area contributed by atoms with Crippen molar-refractivity contribution in [2.75, 3.05) is 18.9 Å². The van der Waals surface area contributed by atoms with Gasteiger partial charge in [0.05, 0.1) is 16.5 Å². The normalized spacial score (nSPS) is 14.5. The van der Waals surface area contributed by atoms with Crippen molar-refractivity contribution in [2.24, 2.45) is 0 Å². The Kier molecular flexibility index (Phi) is 5.45. The number of carboxylic acid groups (broad SMARTS) is 1. The molecule has 1 aliphatic rings. The number of aromatic carboxylic acids is 1. The number of nitrogens with two attached hydrogens (primary N) is 1. The van der Waals surface area contributed by atoms with E-state index in [1.165, 1.54) is 18.2 Å². The second kappa shape index (κ2) is 8.46. The van der Waals surface area contributed by atoms with Gasteiger partial charge in [-0.2, -0.15) is 0 Å². The SMILES string of the molecule is Nc1cc(O)c2c(-c3cccc(C(=O)O)c3)c(C3CCOCC3)n(-c3ccc(F)c(F)c3)c2c1. The predicted molar refractivity (Wildman–Crippen MR) is 124 cm³/mol. The van der Waals surface area contributed by atoms with E-state index in [1.54, 1.807) is 28.8 Å². The summed E-state index contributed by atoms with van der Waals surface area (Å²) in [5.74, 6) is -3.17. The molecule has 0 atom stereocenters. The summed E-state index contributed by atoms with van der Waals surface area (Å²) in [6.07, 6.45) is 1.34. The van der Waals surface area contributed by atoms with Crippen molar-refractivity contribution in [2.45, 2.75) is 18.8 Å². The molecule has 2 heterocycles. The molecule has 8 heteroatoms. The molecule has 4 aromatic rings. The van der Waals surface area contributed by atoms with Gasteiger partial charge in [0, 0.05) is 53.9 Å². The molecule has 3 aromatic carbocycles. The van der Waals surface area contributed by atoms with Crippen LogP contribution in [0.15, 0.2) is 54.6 Å². The number of phenols is 1. The van der Waals surface area contributed by atoms with Crippen LogP contribution in [0.4, 0.5) is 14.5 Å². The number of nitrogens with zero attached hydrogens (tertiary/aromatic N) is 1. The van der Waals surface area contributed by atoms with Gasteiger partial charge >= 0.3 is 5.97 Å². The zero-order chi connectivity index (χ0) is 24.0. The van der Waals surface area contributed by atoms with Crippen molar-refractivity contribution in [1.29, 1.82) is 0 Å². The largest absolute Gasteiger partial charge is 0.507 e. The van der Waals surface area contributed by atoms with Gasteiger partial charge in [0.15, 0.2) is 11.6 Å². The van der Waals surface area contributed by atoms with Gasteiger partial charge in [-0.05, 0) is 48.7 Å². The highest BCUT2D eigenvalue weighted by molar-refractivity contribution is 6.05. The summed E-state index contributed by atoms with van der Waals surface area (Å²) in [6.45, 7) is 1.04. The zero-order valence-corrected chi connectivity index (χ0v) is 18.1. The number of rotatable bonds is 4. The lowest BCUT2D eigenvalue weighted by molar-refractivity contribution is 0.0697. The van der Waals surface area contributed by atoms with Gasteiger partial charge in [0.1, 0.15) is 5.75 Å². The first-order valence-corrected chi connectivity index (χ1v) is 10.9. The number of ether oxygens (including phenoxy) is 1. The van der Waals surface area contributed by atoms with Crippen molar-refractivity contribution in [3.8, 4) is 22.6 Å². The molecule has 0 spiro atoms. The summed E-state index contributed by atoms with van der Waals surface area (Å²) in [5.41, 5.74) is 9.32. The molecule has 1 aromatic heterocycles. The number of nitrogen functional groups attached to an aromatic ring is 1. The average molecular weight is 464 g/mol. The Bertz CT molecular complexity index is 1420. The number of carbonyl (C=O) groups is 1. The maximum absolute atomic E-state index is 14.3. The summed E-state index contributed by atoms with van der Waals surface area (Å²) in [4.78, 5) is 11.7. The van der Waals surface area contributed by atoms with Gasteiger partial charge in [-0.15, -0.1) is 0 Å². The molecule has 0 bridgehead atoms. The van der Waals surface area contributed by atoms with E-state index in [-0.39, 0.29) is 17.2 Å². The van der Waals surface area contributed by atoms with Gasteiger partial charge < -0.3 is 25.3 Å². The molecular weight excluding hydrogens is 442 g/mol. The van der Waals surface area contributed by atoms with Crippen LogP contribution >= 0.6 is 0 Å². The molecule has 0 saturated carbocycles. The van der Waals surface area contributed by atoms with Crippen LogP contribution in [0.1, 0.15) is 34.8 Å². The van der Waals surface area contributed by atoms with Crippen LogP contribution in [0.3, 0.4) is 0 Å². The molecule has 34 heavy (non-hydrogen) atoms. The fraction of sp³-hybridized carbons (Fsp3) is 0.192. The first-order chi connectivity index (χ1) is 16.3. The third-order valence-corrected chi connectivity index (χ3v) is 6.27. The van der Waals surface area contributed by atoms with Gasteiger partial charge in [0.2, 0.25) is 0 Å². The van der Waals surface area contributed by atoms with Gasteiger partial charge in [-0.25, -0.2) is 13.6 Å². The summed E-state index contributed by atoms with van der Waals surface area (Å²) < 4.78 is 35.4. The van der Waals surface area contributed by atoms with E-state index in [1.807, 2.05) is 0 Å². The van der Waals surface area contributed by atoms with E-state index in [9.17, 15) is 23.8 Å². The Balaban J connectivity index is 1.93. The average Bonchev–Trinajstić information content (AvgIpc) is 3.17. The number of halogens is 2. The number of hydrogen-bond acceptors (Lipinski definition) is 4. The summed E-state index contributed by atoms with van der Waals surface area (Å²) in [7, 11) is 0. The standard InChI is InChI=1S/C26H22F2N2O4/c27-19-5-4-18(13-20(19)28)30-21-11-17(29)12-22(31)24(21)23(25(30)14-6-8-34-9-7-14)15-2-1-3-16(10-15)26(32)33/h1-5,10-14,31H,6-9,29H2,(H,32,33). The van der Waals surface area contributed by atoms with Crippen LogP contribution in [0.2, 0.25) is 0 Å². The summed E-state index contributed by atoms with van der Waals surface area (Å²) >= 11 is 0. The Labute approximate surface area is 193 Å². The topological polar surface area (TPSA) is 97.7 Å². The van der Waals surface area contributed by atoms with Crippen molar-refractivity contribution >= 4 is 22.6 Å². The van der Waals surface area contributed by atoms with Crippen LogP contribution in [-0.4, -0.2) is 34.0 Å². The lowest BCUT2D eigenvalue weighted by atomic mass is 9.89. The zero-order valence-electron chi connectivity index (χ0n) is 18.1. The minimum atomic E-state index is -1.08. The molecule has 0 radical (unpaired) electrons. The minimum Gasteiger partial charge on any atom is -0.507 e. The second-order valence-electron chi connectivity index (χ2n) is 8.40. The van der Waals surface area contributed by atoms with E-state index in [0.29, 0.717) is 59.5 Å². The maximum atomic E-state index is 14.3. The molecule has 6 nitrogen and oxygen atoms in total. The minimum absolute atomic E-state index is 0.0432. The van der Waals surface area contributed by atoms with Crippen LogP contribution in [0.5, 0.6) is 5.75 Å². The number of fused-ring (bicyclic) bond motifs is 1. The van der Waals surface area contributed by atoms with E-state index in [0.717, 1.165) is 17.8 Å².